The van der Waals surface area contributed by atoms with Crippen LogP contribution in [0, 0.1) is 0 Å². The van der Waals surface area contributed by atoms with Gasteiger partial charge in [-0.2, -0.15) is 4.98 Å². The van der Waals surface area contributed by atoms with Crippen molar-refractivity contribution in [2.75, 3.05) is 18.5 Å². The van der Waals surface area contributed by atoms with Gasteiger partial charge < -0.3 is 15.4 Å². The predicted octanol–water partition coefficient (Wildman–Crippen LogP) is 1.43. The summed E-state index contributed by atoms with van der Waals surface area (Å²) in [6.45, 7) is 5.82. The molecule has 0 spiro atoms. The van der Waals surface area contributed by atoms with Crippen molar-refractivity contribution < 1.29 is 4.74 Å². The summed E-state index contributed by atoms with van der Waals surface area (Å²) < 4.78 is 5.35. The Morgan fingerprint density at radius 3 is 3.24 bits per heavy atom. The third-order valence-corrected chi connectivity index (χ3v) is 2.88. The molecule has 1 aliphatic heterocycles. The maximum absolute atomic E-state index is 5.35. The van der Waals surface area contributed by atoms with Gasteiger partial charge in [-0.1, -0.05) is 0 Å². The van der Waals surface area contributed by atoms with Gasteiger partial charge in [0.1, 0.15) is 0 Å². The lowest BCUT2D eigenvalue weighted by Crippen LogP contribution is -2.41. The molecule has 0 aromatic carbocycles. The standard InChI is InChI=1S/C12H20N4O/c1-3-17-11-5-7-14-12(16-11)15-10-4-6-13-9(2)8-10/h5,7,9-10,13H,3-4,6,8H2,1-2H3,(H,14,15,16). The Hall–Kier alpha value is -1.36. The van der Waals surface area contributed by atoms with E-state index in [9.17, 15) is 0 Å². The van der Waals surface area contributed by atoms with Gasteiger partial charge in [-0.25, -0.2) is 4.98 Å². The maximum Gasteiger partial charge on any atom is 0.226 e. The molecule has 0 bridgehead atoms. The van der Waals surface area contributed by atoms with Crippen LogP contribution < -0.4 is 15.4 Å². The number of hydrogen-bond acceptors (Lipinski definition) is 5. The fraction of sp³-hybridized carbons (Fsp3) is 0.667. The highest BCUT2D eigenvalue weighted by Crippen LogP contribution is 2.14. The maximum atomic E-state index is 5.35. The second kappa shape index (κ2) is 5.82. The first-order valence-electron chi connectivity index (χ1n) is 6.23. The summed E-state index contributed by atoms with van der Waals surface area (Å²) in [6.07, 6.45) is 3.93. The van der Waals surface area contributed by atoms with Crippen molar-refractivity contribution in [3.63, 3.8) is 0 Å². The summed E-state index contributed by atoms with van der Waals surface area (Å²) in [5.41, 5.74) is 0. The van der Waals surface area contributed by atoms with Crippen molar-refractivity contribution in [1.29, 1.82) is 0 Å². The zero-order valence-electron chi connectivity index (χ0n) is 10.4. The molecule has 1 saturated heterocycles. The lowest BCUT2D eigenvalue weighted by molar-refractivity contribution is 0.326. The van der Waals surface area contributed by atoms with Gasteiger partial charge in [-0.15, -0.1) is 0 Å². The summed E-state index contributed by atoms with van der Waals surface area (Å²) in [5, 5.41) is 6.79. The number of rotatable bonds is 4. The zero-order valence-corrected chi connectivity index (χ0v) is 10.4. The molecule has 1 aromatic rings. The zero-order chi connectivity index (χ0) is 12.1. The average molecular weight is 236 g/mol. The summed E-state index contributed by atoms with van der Waals surface area (Å²) in [7, 11) is 0. The first-order valence-corrected chi connectivity index (χ1v) is 6.23. The highest BCUT2D eigenvalue weighted by atomic mass is 16.5. The molecule has 5 nitrogen and oxygen atoms in total. The van der Waals surface area contributed by atoms with E-state index in [-0.39, 0.29) is 0 Å². The van der Waals surface area contributed by atoms with Crippen molar-refractivity contribution in [2.24, 2.45) is 0 Å². The van der Waals surface area contributed by atoms with Crippen molar-refractivity contribution >= 4 is 5.95 Å². The Kier molecular flexibility index (Phi) is 4.14. The molecular formula is C12H20N4O. The number of nitrogens with one attached hydrogen (secondary N) is 2. The number of aromatic nitrogens is 2. The summed E-state index contributed by atoms with van der Waals surface area (Å²) >= 11 is 0. The SMILES string of the molecule is CCOc1ccnc(NC2CCNC(C)C2)n1. The molecule has 2 atom stereocenters. The van der Waals surface area contributed by atoms with E-state index < -0.39 is 0 Å². The second-order valence-electron chi connectivity index (χ2n) is 4.37. The fourth-order valence-electron chi connectivity index (χ4n) is 2.09. The van der Waals surface area contributed by atoms with Crippen LogP contribution in [0.4, 0.5) is 5.95 Å². The van der Waals surface area contributed by atoms with Crippen LogP contribution in [0.15, 0.2) is 12.3 Å². The monoisotopic (exact) mass is 236 g/mol. The molecule has 2 unspecified atom stereocenters. The molecule has 0 aliphatic carbocycles. The molecule has 17 heavy (non-hydrogen) atoms. The minimum absolute atomic E-state index is 0.447. The van der Waals surface area contributed by atoms with E-state index in [0.29, 0.717) is 30.5 Å². The third-order valence-electron chi connectivity index (χ3n) is 2.88. The molecule has 94 valence electrons. The third kappa shape index (κ3) is 3.56. The number of piperidine rings is 1. The topological polar surface area (TPSA) is 59.1 Å². The van der Waals surface area contributed by atoms with Gasteiger partial charge in [-0.05, 0) is 33.2 Å². The van der Waals surface area contributed by atoms with Crippen LogP contribution in [-0.2, 0) is 0 Å². The number of ether oxygens (including phenoxy) is 1. The summed E-state index contributed by atoms with van der Waals surface area (Å²) in [6, 6.07) is 2.78. The molecular weight excluding hydrogens is 216 g/mol. The molecule has 1 fully saturated rings. The number of hydrogen-bond donors (Lipinski definition) is 2. The fourth-order valence-corrected chi connectivity index (χ4v) is 2.09. The van der Waals surface area contributed by atoms with Gasteiger partial charge in [-0.3, -0.25) is 0 Å². The Morgan fingerprint density at radius 2 is 2.47 bits per heavy atom. The molecule has 2 rings (SSSR count). The van der Waals surface area contributed by atoms with Crippen LogP contribution in [-0.4, -0.2) is 35.2 Å². The smallest absolute Gasteiger partial charge is 0.226 e. The largest absolute Gasteiger partial charge is 0.478 e. The Bertz CT molecular complexity index is 358. The van der Waals surface area contributed by atoms with Gasteiger partial charge in [0.2, 0.25) is 11.8 Å². The van der Waals surface area contributed by atoms with E-state index in [1.807, 2.05) is 6.92 Å². The van der Waals surface area contributed by atoms with Crippen LogP contribution in [0.2, 0.25) is 0 Å². The van der Waals surface area contributed by atoms with Crippen molar-refractivity contribution in [3.8, 4) is 5.88 Å². The summed E-state index contributed by atoms with van der Waals surface area (Å²) in [4.78, 5) is 8.53. The van der Waals surface area contributed by atoms with Crippen molar-refractivity contribution in [1.82, 2.24) is 15.3 Å². The average Bonchev–Trinajstić information content (AvgIpc) is 2.30. The first kappa shape index (κ1) is 12.1. The molecule has 0 amide bonds. The quantitative estimate of drug-likeness (QED) is 0.828. The van der Waals surface area contributed by atoms with E-state index in [1.54, 1.807) is 12.3 Å². The number of anilines is 1. The molecule has 2 N–H and O–H groups in total. The van der Waals surface area contributed by atoms with Crippen LogP contribution in [0.25, 0.3) is 0 Å². The predicted molar refractivity (Wildman–Crippen MR) is 67.3 cm³/mol. The first-order chi connectivity index (χ1) is 8.28. The van der Waals surface area contributed by atoms with Crippen LogP contribution in [0.3, 0.4) is 0 Å². The van der Waals surface area contributed by atoms with E-state index in [0.717, 1.165) is 19.4 Å². The molecule has 5 heteroatoms. The summed E-state index contributed by atoms with van der Waals surface area (Å²) in [5.74, 6) is 1.29. The van der Waals surface area contributed by atoms with Gasteiger partial charge in [0, 0.05) is 24.3 Å². The number of nitrogens with zero attached hydrogens (tertiary/aromatic N) is 2. The van der Waals surface area contributed by atoms with Crippen LogP contribution >= 0.6 is 0 Å². The molecule has 2 heterocycles. The van der Waals surface area contributed by atoms with Crippen LogP contribution in [0.1, 0.15) is 26.7 Å². The van der Waals surface area contributed by atoms with E-state index >= 15 is 0 Å². The highest BCUT2D eigenvalue weighted by molar-refractivity contribution is 5.29. The minimum Gasteiger partial charge on any atom is -0.478 e. The van der Waals surface area contributed by atoms with Gasteiger partial charge in [0.15, 0.2) is 0 Å². The molecule has 1 aromatic heterocycles. The van der Waals surface area contributed by atoms with Crippen LogP contribution in [0.5, 0.6) is 5.88 Å². The second-order valence-corrected chi connectivity index (χ2v) is 4.37. The highest BCUT2D eigenvalue weighted by Gasteiger charge is 2.18. The normalized spacial score (nSPS) is 24.4. The molecule has 0 radical (unpaired) electrons. The Labute approximate surface area is 102 Å². The molecule has 0 saturated carbocycles. The lowest BCUT2D eigenvalue weighted by Gasteiger charge is -2.28. The van der Waals surface area contributed by atoms with Gasteiger partial charge in [0.25, 0.3) is 0 Å². The Morgan fingerprint density at radius 1 is 1.59 bits per heavy atom. The molecule has 1 aliphatic rings. The van der Waals surface area contributed by atoms with Gasteiger partial charge in [0.05, 0.1) is 6.61 Å². The van der Waals surface area contributed by atoms with Crippen molar-refractivity contribution in [3.05, 3.63) is 12.3 Å². The minimum atomic E-state index is 0.447. The van der Waals surface area contributed by atoms with E-state index in [1.165, 1.54) is 0 Å². The van der Waals surface area contributed by atoms with Crippen molar-refractivity contribution in [2.45, 2.75) is 38.8 Å². The Balaban J connectivity index is 1.95. The van der Waals surface area contributed by atoms with E-state index in [4.69, 9.17) is 4.74 Å². The van der Waals surface area contributed by atoms with Gasteiger partial charge >= 0.3 is 0 Å². The van der Waals surface area contributed by atoms with E-state index in [2.05, 4.69) is 27.5 Å². The lowest BCUT2D eigenvalue weighted by atomic mass is 10.0.